The Bertz CT molecular complexity index is 452. The molecule has 1 atom stereocenters. The molecule has 1 rings (SSSR count). The maximum Gasteiger partial charge on any atom is 0.173 e. The zero-order valence-electron chi connectivity index (χ0n) is 10.2. The topological polar surface area (TPSA) is 55.5 Å². The number of hydrogen-bond donors (Lipinski definition) is 2. The lowest BCUT2D eigenvalue weighted by Gasteiger charge is -2.17. The molecule has 0 saturated heterocycles. The largest absolute Gasteiger partial charge is 0.503 e. The molecule has 0 amide bonds. The second-order valence-electron chi connectivity index (χ2n) is 3.91. The zero-order valence-corrected chi connectivity index (χ0v) is 14.2. The number of phenolic OH excluding ortho intramolecular Hbond substituents is 1. The van der Waals surface area contributed by atoms with E-state index >= 15 is 0 Å². The minimum absolute atomic E-state index is 0. The Balaban J connectivity index is 0.00000289. The Morgan fingerprint density at radius 3 is 2.50 bits per heavy atom. The van der Waals surface area contributed by atoms with Crippen molar-refractivity contribution in [1.82, 2.24) is 0 Å². The molecule has 0 spiro atoms. The maximum absolute atomic E-state index is 9.81. The van der Waals surface area contributed by atoms with E-state index < -0.39 is 0 Å². The Hall–Kier alpha value is -0.230. The van der Waals surface area contributed by atoms with Gasteiger partial charge >= 0.3 is 0 Å². The van der Waals surface area contributed by atoms with Crippen molar-refractivity contribution in [1.29, 1.82) is 0 Å². The van der Waals surface area contributed by atoms with Gasteiger partial charge in [0.25, 0.3) is 0 Å². The fraction of sp³-hybridized carbons (Fsp3) is 0.333. The van der Waals surface area contributed by atoms with Crippen LogP contribution < -0.4 is 10.5 Å². The van der Waals surface area contributed by atoms with E-state index in [1.165, 1.54) is 7.11 Å². The summed E-state index contributed by atoms with van der Waals surface area (Å²) in [5.41, 5.74) is 7.97. The molecule has 102 valence electrons. The Kier molecular flexibility index (Phi) is 7.29. The molecular weight excluding hydrogens is 385 g/mol. The Labute approximate surface area is 130 Å². The summed E-state index contributed by atoms with van der Waals surface area (Å²) in [5.74, 6) is 0.456. The number of hydrogen-bond acceptors (Lipinski definition) is 3. The molecule has 0 unspecified atom stereocenters. The molecule has 0 bridgehead atoms. The predicted molar refractivity (Wildman–Crippen MR) is 83.7 cm³/mol. The number of phenols is 1. The lowest BCUT2D eigenvalue weighted by molar-refractivity contribution is 0.370. The summed E-state index contributed by atoms with van der Waals surface area (Å²) in [4.78, 5) is 0. The molecule has 3 N–H and O–H groups in total. The lowest BCUT2D eigenvalue weighted by Crippen LogP contribution is -2.11. The first kappa shape index (κ1) is 17.8. The first-order chi connectivity index (χ1) is 7.88. The number of benzene rings is 1. The van der Waals surface area contributed by atoms with Crippen molar-refractivity contribution < 1.29 is 9.84 Å². The molecule has 0 fully saturated rings. The van der Waals surface area contributed by atoms with Crippen molar-refractivity contribution in [2.24, 2.45) is 5.73 Å². The molecule has 0 aliphatic heterocycles. The molecule has 18 heavy (non-hydrogen) atoms. The van der Waals surface area contributed by atoms with Gasteiger partial charge in [-0.3, -0.25) is 0 Å². The standard InChI is InChI=1S/C12H15Br2NO2.ClH/c1-6(2)4-8(15)7-5-9(17-3)12(16)11(14)10(7)13;/h5,8,16H,1,4,15H2,2-3H3;1H/t8-;/m0./s1. The molecular formula is C12H16Br2ClNO2. The van der Waals surface area contributed by atoms with Crippen LogP contribution >= 0.6 is 44.3 Å². The van der Waals surface area contributed by atoms with Crippen LogP contribution in [-0.4, -0.2) is 12.2 Å². The number of rotatable bonds is 4. The van der Waals surface area contributed by atoms with Crippen molar-refractivity contribution in [3.63, 3.8) is 0 Å². The fourth-order valence-electron chi connectivity index (χ4n) is 1.52. The van der Waals surface area contributed by atoms with Crippen LogP contribution in [0.4, 0.5) is 0 Å². The molecule has 1 aromatic rings. The number of nitrogens with two attached hydrogens (primary N) is 1. The van der Waals surface area contributed by atoms with E-state index in [1.807, 2.05) is 6.92 Å². The van der Waals surface area contributed by atoms with Crippen LogP contribution in [-0.2, 0) is 0 Å². The third kappa shape index (κ3) is 3.88. The van der Waals surface area contributed by atoms with Crippen LogP contribution in [0.3, 0.4) is 0 Å². The van der Waals surface area contributed by atoms with Crippen LogP contribution in [0.25, 0.3) is 0 Å². The van der Waals surface area contributed by atoms with Crippen molar-refractivity contribution >= 4 is 44.3 Å². The van der Waals surface area contributed by atoms with Crippen LogP contribution in [0.5, 0.6) is 11.5 Å². The molecule has 0 aliphatic rings. The maximum atomic E-state index is 9.81. The highest BCUT2D eigenvalue weighted by atomic mass is 79.9. The average molecular weight is 402 g/mol. The second-order valence-corrected chi connectivity index (χ2v) is 5.50. The highest BCUT2D eigenvalue weighted by Gasteiger charge is 2.18. The van der Waals surface area contributed by atoms with Crippen molar-refractivity contribution in [2.45, 2.75) is 19.4 Å². The zero-order chi connectivity index (χ0) is 13.2. The smallest absolute Gasteiger partial charge is 0.173 e. The van der Waals surface area contributed by atoms with Gasteiger partial charge in [-0.05, 0) is 56.8 Å². The minimum atomic E-state index is -0.187. The van der Waals surface area contributed by atoms with Gasteiger partial charge in [-0.2, -0.15) is 0 Å². The summed E-state index contributed by atoms with van der Waals surface area (Å²) in [7, 11) is 1.50. The van der Waals surface area contributed by atoms with E-state index in [4.69, 9.17) is 10.5 Å². The van der Waals surface area contributed by atoms with Crippen molar-refractivity contribution in [3.05, 3.63) is 32.7 Å². The normalized spacial score (nSPS) is 11.6. The Morgan fingerprint density at radius 1 is 1.50 bits per heavy atom. The molecule has 0 saturated carbocycles. The highest BCUT2D eigenvalue weighted by Crippen LogP contribution is 2.43. The predicted octanol–water partition coefficient (Wildman–Crippen LogP) is 4.31. The van der Waals surface area contributed by atoms with E-state index in [1.54, 1.807) is 6.07 Å². The van der Waals surface area contributed by atoms with Gasteiger partial charge in [-0.1, -0.05) is 5.57 Å². The molecule has 0 heterocycles. The first-order valence-electron chi connectivity index (χ1n) is 5.03. The van der Waals surface area contributed by atoms with Crippen LogP contribution in [0.15, 0.2) is 27.2 Å². The van der Waals surface area contributed by atoms with Crippen LogP contribution in [0.2, 0.25) is 0 Å². The highest BCUT2D eigenvalue weighted by molar-refractivity contribution is 9.13. The summed E-state index contributed by atoms with van der Waals surface area (Å²) in [5, 5.41) is 9.81. The van der Waals surface area contributed by atoms with E-state index in [-0.39, 0.29) is 24.2 Å². The number of aromatic hydroxyl groups is 1. The van der Waals surface area contributed by atoms with Gasteiger partial charge in [0.15, 0.2) is 11.5 Å². The average Bonchev–Trinajstić information content (AvgIpc) is 2.25. The van der Waals surface area contributed by atoms with Gasteiger partial charge in [0.05, 0.1) is 11.6 Å². The van der Waals surface area contributed by atoms with Gasteiger partial charge in [0.2, 0.25) is 0 Å². The minimum Gasteiger partial charge on any atom is -0.503 e. The monoisotopic (exact) mass is 399 g/mol. The second kappa shape index (κ2) is 7.38. The molecule has 0 radical (unpaired) electrons. The molecule has 0 aromatic heterocycles. The molecule has 1 aromatic carbocycles. The summed E-state index contributed by atoms with van der Waals surface area (Å²) in [6.45, 7) is 5.78. The van der Waals surface area contributed by atoms with Gasteiger partial charge < -0.3 is 15.6 Å². The first-order valence-corrected chi connectivity index (χ1v) is 6.61. The SMILES string of the molecule is C=C(C)C[C@H](N)c1cc(OC)c(O)c(Br)c1Br.Cl. The van der Waals surface area contributed by atoms with Crippen molar-refractivity contribution in [3.8, 4) is 11.5 Å². The summed E-state index contributed by atoms with van der Waals surface area (Å²) in [6, 6.07) is 1.55. The van der Waals surface area contributed by atoms with Crippen molar-refractivity contribution in [2.75, 3.05) is 7.11 Å². The van der Waals surface area contributed by atoms with Crippen LogP contribution in [0, 0.1) is 0 Å². The van der Waals surface area contributed by atoms with E-state index in [0.717, 1.165) is 15.6 Å². The van der Waals surface area contributed by atoms with Gasteiger partial charge in [-0.25, -0.2) is 0 Å². The summed E-state index contributed by atoms with van der Waals surface area (Å²) >= 11 is 6.71. The summed E-state index contributed by atoms with van der Waals surface area (Å²) < 4.78 is 6.38. The van der Waals surface area contributed by atoms with E-state index in [9.17, 15) is 5.11 Å². The van der Waals surface area contributed by atoms with Crippen LogP contribution in [0.1, 0.15) is 24.9 Å². The lowest BCUT2D eigenvalue weighted by atomic mass is 10.0. The number of halogens is 3. The van der Waals surface area contributed by atoms with Gasteiger partial charge in [-0.15, -0.1) is 19.0 Å². The summed E-state index contributed by atoms with van der Waals surface area (Å²) in [6.07, 6.45) is 0.680. The van der Waals surface area contributed by atoms with E-state index in [2.05, 4.69) is 38.4 Å². The van der Waals surface area contributed by atoms with Gasteiger partial charge in [0.1, 0.15) is 0 Å². The third-order valence-corrected chi connectivity index (χ3v) is 4.52. The Morgan fingerprint density at radius 2 is 2.06 bits per heavy atom. The number of methoxy groups -OCH3 is 1. The van der Waals surface area contributed by atoms with E-state index in [0.29, 0.717) is 16.6 Å². The molecule has 6 heteroatoms. The van der Waals surface area contributed by atoms with Gasteiger partial charge in [0, 0.05) is 10.5 Å². The molecule has 0 aliphatic carbocycles. The quantitative estimate of drug-likeness (QED) is 0.739. The third-order valence-electron chi connectivity index (χ3n) is 2.36. The fourth-order valence-corrected chi connectivity index (χ4v) is 2.54. The molecule has 3 nitrogen and oxygen atoms in total. The number of ether oxygens (including phenoxy) is 1.